The Labute approximate surface area is 201 Å². The zero-order chi connectivity index (χ0) is 25.3. The number of pyridine rings is 2. The van der Waals surface area contributed by atoms with Crippen LogP contribution in [0.4, 0.5) is 13.2 Å². The Balaban J connectivity index is 1.63. The van der Waals surface area contributed by atoms with Crippen molar-refractivity contribution in [2.45, 2.75) is 51.0 Å². The first kappa shape index (κ1) is 24.7. The van der Waals surface area contributed by atoms with Gasteiger partial charge in [0.2, 0.25) is 0 Å². The van der Waals surface area contributed by atoms with Crippen LogP contribution in [0.25, 0.3) is 11.3 Å². The van der Waals surface area contributed by atoms with Crippen molar-refractivity contribution >= 4 is 11.6 Å². The Morgan fingerprint density at radius 1 is 1.11 bits per heavy atom. The van der Waals surface area contributed by atoms with Gasteiger partial charge in [-0.05, 0) is 66.1 Å². The number of halogens is 3. The third kappa shape index (κ3) is 4.62. The van der Waals surface area contributed by atoms with Gasteiger partial charge >= 0.3 is 0 Å². The number of aromatic nitrogens is 2. The van der Waals surface area contributed by atoms with Crippen LogP contribution in [0.15, 0.2) is 48.8 Å². The van der Waals surface area contributed by atoms with Gasteiger partial charge in [0, 0.05) is 25.2 Å². The van der Waals surface area contributed by atoms with E-state index in [0.29, 0.717) is 18.4 Å². The van der Waals surface area contributed by atoms with Gasteiger partial charge in [-0.25, -0.2) is 18.2 Å². The molecule has 8 heteroatoms. The molecule has 0 saturated heterocycles. The largest absolute Gasteiger partial charge is 0.382 e. The van der Waals surface area contributed by atoms with Gasteiger partial charge in [-0.15, -0.1) is 0 Å². The molecular formula is C27H25F3N2O3. The van der Waals surface area contributed by atoms with Crippen molar-refractivity contribution in [1.82, 2.24) is 9.97 Å². The molecule has 0 amide bonds. The number of aliphatic hydroxyl groups is 1. The Morgan fingerprint density at radius 3 is 2.49 bits per heavy atom. The summed E-state index contributed by atoms with van der Waals surface area (Å²) in [5, 5.41) is 10.7. The van der Waals surface area contributed by atoms with E-state index in [9.17, 15) is 27.9 Å². The summed E-state index contributed by atoms with van der Waals surface area (Å²) < 4.78 is 42.8. The number of Topliss-reactive ketones (excluding diaryl/α,β-unsaturated/α-hetero) is 2. The van der Waals surface area contributed by atoms with Crippen LogP contribution < -0.4 is 0 Å². The van der Waals surface area contributed by atoms with E-state index in [2.05, 4.69) is 9.97 Å². The molecule has 0 aliphatic heterocycles. The average molecular weight is 483 g/mol. The van der Waals surface area contributed by atoms with Crippen molar-refractivity contribution in [3.8, 4) is 11.3 Å². The maximum Gasteiger partial charge on any atom is 0.185 e. The fourth-order valence-electron chi connectivity index (χ4n) is 4.91. The molecule has 1 aliphatic carbocycles. The number of hydrogen-bond acceptors (Lipinski definition) is 5. The van der Waals surface area contributed by atoms with Gasteiger partial charge in [0.1, 0.15) is 34.4 Å². The zero-order valence-corrected chi connectivity index (χ0v) is 19.4. The second kappa shape index (κ2) is 9.70. The molecular weight excluding hydrogens is 457 g/mol. The maximum atomic E-state index is 14.4. The minimum Gasteiger partial charge on any atom is -0.382 e. The van der Waals surface area contributed by atoms with Crippen molar-refractivity contribution in [2.24, 2.45) is 5.92 Å². The third-order valence-electron chi connectivity index (χ3n) is 6.97. The SMILES string of the molecule is CC[C@]1(O)C(=O)C[C@H](c2ccncc2CC(=O)c2ccc(F)c(-c3c(F)cccc3F)n2)C[C@@H]1C. The molecule has 2 aromatic heterocycles. The lowest BCUT2D eigenvalue weighted by molar-refractivity contribution is -0.148. The van der Waals surface area contributed by atoms with Crippen LogP contribution >= 0.6 is 0 Å². The summed E-state index contributed by atoms with van der Waals surface area (Å²) in [5.74, 6) is -4.10. The molecule has 1 aromatic carbocycles. The van der Waals surface area contributed by atoms with E-state index in [1.54, 1.807) is 19.2 Å². The van der Waals surface area contributed by atoms with E-state index in [1.807, 2.05) is 6.92 Å². The molecule has 1 aliphatic rings. The van der Waals surface area contributed by atoms with Crippen LogP contribution in [-0.4, -0.2) is 32.2 Å². The molecule has 3 aromatic rings. The van der Waals surface area contributed by atoms with E-state index in [0.717, 1.165) is 29.8 Å². The summed E-state index contributed by atoms with van der Waals surface area (Å²) in [5.41, 5.74) is -1.37. The van der Waals surface area contributed by atoms with Crippen LogP contribution in [0.5, 0.6) is 0 Å². The molecule has 0 bridgehead atoms. The summed E-state index contributed by atoms with van der Waals surface area (Å²) in [6, 6.07) is 7.01. The number of nitrogens with zero attached hydrogens (tertiary/aromatic N) is 2. The fourth-order valence-corrected chi connectivity index (χ4v) is 4.91. The lowest BCUT2D eigenvalue weighted by Crippen LogP contribution is -2.48. The molecule has 0 unspecified atom stereocenters. The Kier molecular flexibility index (Phi) is 6.85. The van der Waals surface area contributed by atoms with E-state index < -0.39 is 40.1 Å². The molecule has 0 radical (unpaired) electrons. The Bertz CT molecular complexity index is 1280. The number of ketones is 2. The summed E-state index contributed by atoms with van der Waals surface area (Å²) >= 11 is 0. The van der Waals surface area contributed by atoms with Gasteiger partial charge < -0.3 is 5.11 Å². The number of benzene rings is 1. The highest BCUT2D eigenvalue weighted by molar-refractivity contribution is 5.96. The normalized spacial score (nSPS) is 22.3. The lowest BCUT2D eigenvalue weighted by atomic mass is 9.67. The molecule has 4 rings (SSSR count). The summed E-state index contributed by atoms with van der Waals surface area (Å²) in [7, 11) is 0. The topological polar surface area (TPSA) is 80.1 Å². The van der Waals surface area contributed by atoms with Gasteiger partial charge in [-0.3, -0.25) is 14.6 Å². The van der Waals surface area contributed by atoms with Crippen molar-refractivity contribution in [2.75, 3.05) is 0 Å². The first-order valence-electron chi connectivity index (χ1n) is 11.5. The number of carbonyl (C=O) groups is 2. The Morgan fingerprint density at radius 2 is 1.83 bits per heavy atom. The predicted octanol–water partition coefficient (Wildman–Crippen LogP) is 5.21. The summed E-state index contributed by atoms with van der Waals surface area (Å²) in [6.07, 6.45) is 4.01. The van der Waals surface area contributed by atoms with E-state index in [1.165, 1.54) is 12.3 Å². The predicted molar refractivity (Wildman–Crippen MR) is 123 cm³/mol. The van der Waals surface area contributed by atoms with Crippen LogP contribution in [0, 0.1) is 23.4 Å². The molecule has 0 spiro atoms. The lowest BCUT2D eigenvalue weighted by Gasteiger charge is -2.40. The van der Waals surface area contributed by atoms with Gasteiger partial charge in [0.15, 0.2) is 11.6 Å². The van der Waals surface area contributed by atoms with Crippen molar-refractivity contribution in [1.29, 1.82) is 0 Å². The second-order valence-electron chi connectivity index (χ2n) is 9.04. The van der Waals surface area contributed by atoms with Gasteiger partial charge in [-0.1, -0.05) is 19.9 Å². The van der Waals surface area contributed by atoms with Gasteiger partial charge in [0.05, 0.1) is 5.56 Å². The zero-order valence-electron chi connectivity index (χ0n) is 19.4. The van der Waals surface area contributed by atoms with Crippen molar-refractivity contribution in [3.05, 3.63) is 83.1 Å². The number of rotatable bonds is 6. The standard InChI is InChI=1S/C27H25F3N2O3/c1-3-27(35)15(2)11-16(13-24(27)34)18-9-10-31-14-17(18)12-23(33)22-8-7-21(30)26(32-22)25-19(28)5-4-6-20(25)29/h4-10,14-16,35H,3,11-13H2,1-2H3/t15-,16+,27+/m0/s1. The van der Waals surface area contributed by atoms with Crippen LogP contribution in [-0.2, 0) is 11.2 Å². The highest BCUT2D eigenvalue weighted by Gasteiger charge is 2.45. The summed E-state index contributed by atoms with van der Waals surface area (Å²) in [6.45, 7) is 3.62. The molecule has 1 saturated carbocycles. The van der Waals surface area contributed by atoms with Crippen LogP contribution in [0.2, 0.25) is 0 Å². The van der Waals surface area contributed by atoms with Crippen molar-refractivity contribution in [3.63, 3.8) is 0 Å². The Hall–Kier alpha value is -3.39. The minimum atomic E-state index is -1.35. The number of carbonyl (C=O) groups excluding carboxylic acids is 2. The monoisotopic (exact) mass is 482 g/mol. The van der Waals surface area contributed by atoms with Gasteiger partial charge in [0.25, 0.3) is 0 Å². The molecule has 35 heavy (non-hydrogen) atoms. The average Bonchev–Trinajstić information content (AvgIpc) is 2.83. The second-order valence-corrected chi connectivity index (χ2v) is 9.04. The molecule has 182 valence electrons. The molecule has 2 heterocycles. The first-order valence-corrected chi connectivity index (χ1v) is 11.5. The fraction of sp³-hybridized carbons (Fsp3) is 0.333. The van der Waals surface area contributed by atoms with Crippen molar-refractivity contribution < 1.29 is 27.9 Å². The molecule has 1 N–H and O–H groups in total. The maximum absolute atomic E-state index is 14.4. The first-order chi connectivity index (χ1) is 16.7. The quantitative estimate of drug-likeness (QED) is 0.488. The van der Waals surface area contributed by atoms with E-state index in [-0.39, 0.29) is 36.2 Å². The van der Waals surface area contributed by atoms with Crippen LogP contribution in [0.3, 0.4) is 0 Å². The smallest absolute Gasteiger partial charge is 0.185 e. The third-order valence-corrected chi connectivity index (χ3v) is 6.97. The molecule has 1 fully saturated rings. The van der Waals surface area contributed by atoms with E-state index in [4.69, 9.17) is 0 Å². The number of hydrogen-bond donors (Lipinski definition) is 1. The van der Waals surface area contributed by atoms with Gasteiger partial charge in [-0.2, -0.15) is 0 Å². The molecule has 3 atom stereocenters. The van der Waals surface area contributed by atoms with E-state index >= 15 is 0 Å². The highest BCUT2D eigenvalue weighted by atomic mass is 19.1. The summed E-state index contributed by atoms with van der Waals surface area (Å²) in [4.78, 5) is 33.9. The van der Waals surface area contributed by atoms with Crippen LogP contribution in [0.1, 0.15) is 60.6 Å². The highest BCUT2D eigenvalue weighted by Crippen LogP contribution is 2.42. The minimum absolute atomic E-state index is 0.141. The molecule has 5 nitrogen and oxygen atoms in total.